The Hall–Kier alpha value is -2.96. The van der Waals surface area contributed by atoms with Gasteiger partial charge in [0.1, 0.15) is 11.8 Å². The number of ether oxygens (including phenoxy) is 1. The van der Waals surface area contributed by atoms with Crippen LogP contribution in [0.2, 0.25) is 0 Å². The Kier molecular flexibility index (Phi) is 6.23. The molecule has 0 N–H and O–H groups in total. The van der Waals surface area contributed by atoms with E-state index in [1.54, 1.807) is 24.0 Å². The first-order chi connectivity index (χ1) is 13.4. The van der Waals surface area contributed by atoms with Crippen LogP contribution in [0.15, 0.2) is 54.6 Å². The molecule has 28 heavy (non-hydrogen) atoms. The van der Waals surface area contributed by atoms with Gasteiger partial charge in [0.2, 0.25) is 11.8 Å². The first kappa shape index (κ1) is 19.8. The van der Waals surface area contributed by atoms with E-state index in [0.717, 1.165) is 5.56 Å². The van der Waals surface area contributed by atoms with Crippen molar-refractivity contribution in [2.45, 2.75) is 32.5 Å². The largest absolute Gasteiger partial charge is 0.435 e. The molecule has 0 aromatic heterocycles. The number of hydrogen-bond acceptors (Lipinski definition) is 3. The molecular weight excluding hydrogens is 366 g/mol. The van der Waals surface area contributed by atoms with Crippen LogP contribution in [0.3, 0.4) is 0 Å². The monoisotopic (exact) mass is 388 g/mol. The molecule has 1 atom stereocenters. The second kappa shape index (κ2) is 8.82. The van der Waals surface area contributed by atoms with Crippen molar-refractivity contribution < 1.29 is 23.1 Å². The number of carbonyl (C=O) groups is 2. The average Bonchev–Trinajstić information content (AvgIpc) is 2.67. The molecule has 0 radical (unpaired) electrons. The van der Waals surface area contributed by atoms with Gasteiger partial charge in [0, 0.05) is 13.1 Å². The lowest BCUT2D eigenvalue weighted by Gasteiger charge is -2.39. The zero-order valence-corrected chi connectivity index (χ0v) is 15.6. The fourth-order valence-electron chi connectivity index (χ4n) is 3.29. The summed E-state index contributed by atoms with van der Waals surface area (Å²) in [4.78, 5) is 28.4. The predicted molar refractivity (Wildman–Crippen MR) is 99.8 cm³/mol. The molecule has 1 saturated heterocycles. The maximum atomic E-state index is 12.7. The van der Waals surface area contributed by atoms with E-state index in [1.165, 1.54) is 17.0 Å². The standard InChI is InChI=1S/C21H22F2N2O3/c1-15-20(27)24(11-10-16-6-3-2-4-7-16)14-19(26)25(15)13-17-8-5-9-18(12-17)28-21(22)23/h2-9,12,15,21H,10-11,13-14H2,1H3/t15-/m0/s1. The fraction of sp³-hybridized carbons (Fsp3) is 0.333. The Morgan fingerprint density at radius 1 is 1.07 bits per heavy atom. The molecule has 1 aliphatic heterocycles. The Labute approximate surface area is 162 Å². The molecule has 1 fully saturated rings. The van der Waals surface area contributed by atoms with Crippen LogP contribution in [0, 0.1) is 0 Å². The normalized spacial score (nSPS) is 17.4. The zero-order chi connectivity index (χ0) is 20.1. The average molecular weight is 388 g/mol. The summed E-state index contributed by atoms with van der Waals surface area (Å²) in [5, 5.41) is 0. The molecule has 2 aromatic carbocycles. The maximum absolute atomic E-state index is 12.7. The lowest BCUT2D eigenvalue weighted by atomic mass is 10.1. The number of hydrogen-bond donors (Lipinski definition) is 0. The minimum absolute atomic E-state index is 0.0171. The van der Waals surface area contributed by atoms with Gasteiger partial charge in [-0.1, -0.05) is 42.5 Å². The Balaban J connectivity index is 1.63. The first-order valence-electron chi connectivity index (χ1n) is 9.10. The molecule has 148 valence electrons. The summed E-state index contributed by atoms with van der Waals surface area (Å²) >= 11 is 0. The Bertz CT molecular complexity index is 829. The van der Waals surface area contributed by atoms with Crippen molar-refractivity contribution in [1.82, 2.24) is 9.80 Å². The predicted octanol–water partition coefficient (Wildman–Crippen LogP) is 3.09. The summed E-state index contributed by atoms with van der Waals surface area (Å²) in [7, 11) is 0. The number of alkyl halides is 2. The molecule has 1 aliphatic rings. The molecule has 1 heterocycles. The number of halogens is 2. The van der Waals surface area contributed by atoms with Crippen molar-refractivity contribution >= 4 is 11.8 Å². The molecule has 2 aromatic rings. The van der Waals surface area contributed by atoms with E-state index in [4.69, 9.17) is 0 Å². The highest BCUT2D eigenvalue weighted by atomic mass is 19.3. The second-order valence-electron chi connectivity index (χ2n) is 6.72. The summed E-state index contributed by atoms with van der Waals surface area (Å²) in [6.45, 7) is -0.563. The highest BCUT2D eigenvalue weighted by Crippen LogP contribution is 2.21. The topological polar surface area (TPSA) is 49.9 Å². The van der Waals surface area contributed by atoms with E-state index in [0.29, 0.717) is 18.5 Å². The summed E-state index contributed by atoms with van der Waals surface area (Å²) < 4.78 is 29.2. The number of piperazine rings is 1. The molecule has 0 aliphatic carbocycles. The van der Waals surface area contributed by atoms with Gasteiger partial charge in [-0.25, -0.2) is 0 Å². The third-order valence-corrected chi connectivity index (χ3v) is 4.77. The summed E-state index contributed by atoms with van der Waals surface area (Å²) in [6, 6.07) is 15.3. The van der Waals surface area contributed by atoms with E-state index in [-0.39, 0.29) is 30.7 Å². The third-order valence-electron chi connectivity index (χ3n) is 4.77. The molecule has 0 saturated carbocycles. The molecule has 0 bridgehead atoms. The molecular formula is C21H22F2N2O3. The van der Waals surface area contributed by atoms with Crippen molar-refractivity contribution in [2.75, 3.05) is 13.1 Å². The second-order valence-corrected chi connectivity index (χ2v) is 6.72. The Morgan fingerprint density at radius 3 is 2.50 bits per heavy atom. The van der Waals surface area contributed by atoms with Crippen LogP contribution in [0.1, 0.15) is 18.1 Å². The smallest absolute Gasteiger partial charge is 0.387 e. The zero-order valence-electron chi connectivity index (χ0n) is 15.6. The van der Waals surface area contributed by atoms with Crippen molar-refractivity contribution in [3.63, 3.8) is 0 Å². The number of amides is 2. The van der Waals surface area contributed by atoms with Crippen LogP contribution in [0.5, 0.6) is 5.75 Å². The van der Waals surface area contributed by atoms with Gasteiger partial charge >= 0.3 is 6.61 Å². The molecule has 3 rings (SSSR count). The minimum atomic E-state index is -2.91. The van der Waals surface area contributed by atoms with Crippen molar-refractivity contribution in [2.24, 2.45) is 0 Å². The molecule has 0 spiro atoms. The fourth-order valence-corrected chi connectivity index (χ4v) is 3.29. The van der Waals surface area contributed by atoms with Gasteiger partial charge in [0.05, 0.1) is 6.54 Å². The number of benzene rings is 2. The summed E-state index contributed by atoms with van der Waals surface area (Å²) in [5.74, 6) is -0.253. The van der Waals surface area contributed by atoms with Crippen molar-refractivity contribution in [3.8, 4) is 5.75 Å². The highest BCUT2D eigenvalue weighted by Gasteiger charge is 2.36. The van der Waals surface area contributed by atoms with Crippen LogP contribution in [0.4, 0.5) is 8.78 Å². The van der Waals surface area contributed by atoms with Crippen LogP contribution in [-0.2, 0) is 22.6 Å². The van der Waals surface area contributed by atoms with Crippen LogP contribution in [0.25, 0.3) is 0 Å². The minimum Gasteiger partial charge on any atom is -0.435 e. The highest BCUT2D eigenvalue weighted by molar-refractivity contribution is 5.94. The van der Waals surface area contributed by atoms with Gasteiger partial charge in [-0.05, 0) is 36.6 Å². The van der Waals surface area contributed by atoms with Crippen molar-refractivity contribution in [1.29, 1.82) is 0 Å². The summed E-state index contributed by atoms with van der Waals surface area (Å²) in [6.07, 6.45) is 0.680. The van der Waals surface area contributed by atoms with E-state index < -0.39 is 12.7 Å². The molecule has 2 amide bonds. The van der Waals surface area contributed by atoms with Gasteiger partial charge in [0.25, 0.3) is 0 Å². The third kappa shape index (κ3) is 4.85. The number of carbonyl (C=O) groups excluding carboxylic acids is 2. The van der Waals surface area contributed by atoms with E-state index in [2.05, 4.69) is 4.74 Å². The van der Waals surface area contributed by atoms with Gasteiger partial charge in [-0.2, -0.15) is 8.78 Å². The maximum Gasteiger partial charge on any atom is 0.387 e. The van der Waals surface area contributed by atoms with Gasteiger partial charge < -0.3 is 14.5 Å². The SMILES string of the molecule is C[C@H]1C(=O)N(CCc2ccccc2)CC(=O)N1Cc1cccc(OC(F)F)c1. The van der Waals surface area contributed by atoms with E-state index in [1.807, 2.05) is 30.3 Å². The van der Waals surface area contributed by atoms with E-state index >= 15 is 0 Å². The van der Waals surface area contributed by atoms with Crippen LogP contribution in [-0.4, -0.2) is 47.4 Å². The van der Waals surface area contributed by atoms with E-state index in [9.17, 15) is 18.4 Å². The number of nitrogens with zero attached hydrogens (tertiary/aromatic N) is 2. The summed E-state index contributed by atoms with van der Waals surface area (Å²) in [5.41, 5.74) is 1.73. The van der Waals surface area contributed by atoms with Gasteiger partial charge in [-0.3, -0.25) is 9.59 Å². The van der Waals surface area contributed by atoms with Crippen LogP contribution >= 0.6 is 0 Å². The van der Waals surface area contributed by atoms with Crippen LogP contribution < -0.4 is 4.74 Å². The Morgan fingerprint density at radius 2 is 1.79 bits per heavy atom. The number of rotatable bonds is 7. The quantitative estimate of drug-likeness (QED) is 0.733. The molecule has 5 nitrogen and oxygen atoms in total. The lowest BCUT2D eigenvalue weighted by molar-refractivity contribution is -0.155. The molecule has 0 unspecified atom stereocenters. The van der Waals surface area contributed by atoms with Crippen molar-refractivity contribution in [3.05, 3.63) is 65.7 Å². The van der Waals surface area contributed by atoms with Gasteiger partial charge in [-0.15, -0.1) is 0 Å². The first-order valence-corrected chi connectivity index (χ1v) is 9.10. The lowest BCUT2D eigenvalue weighted by Crippen LogP contribution is -2.58. The van der Waals surface area contributed by atoms with Gasteiger partial charge in [0.15, 0.2) is 0 Å². The molecule has 7 heteroatoms.